The maximum atomic E-state index is 12.8. The Labute approximate surface area is 168 Å². The lowest BCUT2D eigenvalue weighted by atomic mass is 10.1. The number of amides is 1. The van der Waals surface area contributed by atoms with Crippen molar-refractivity contribution in [3.05, 3.63) is 101 Å². The second-order valence-electron chi connectivity index (χ2n) is 6.12. The Kier molecular flexibility index (Phi) is 6.25. The van der Waals surface area contributed by atoms with E-state index in [-0.39, 0.29) is 11.7 Å². The molecule has 3 aromatic carbocycles. The van der Waals surface area contributed by atoms with Crippen LogP contribution < -0.4 is 10.6 Å². The highest BCUT2D eigenvalue weighted by atomic mass is 35.5. The fourth-order valence-electron chi connectivity index (χ4n) is 2.71. The number of ketones is 1. The fraction of sp³-hybridized carbons (Fsp3) is 0.0435. The lowest BCUT2D eigenvalue weighted by molar-refractivity contribution is -0.114. The number of nitrogens with one attached hydrogen (secondary N) is 2. The minimum Gasteiger partial charge on any atom is -0.353 e. The molecular weight excluding hydrogens is 372 g/mol. The van der Waals surface area contributed by atoms with Crippen LogP contribution in [0, 0.1) is 0 Å². The Balaban J connectivity index is 2.03. The molecule has 1 amide bonds. The monoisotopic (exact) mass is 390 g/mol. The molecule has 3 rings (SSSR count). The minimum atomic E-state index is -0.183. The maximum Gasteiger partial charge on any atom is 0.221 e. The van der Waals surface area contributed by atoms with Gasteiger partial charge in [-0.2, -0.15) is 0 Å². The molecule has 3 aromatic rings. The van der Waals surface area contributed by atoms with Gasteiger partial charge in [-0.15, -0.1) is 0 Å². The molecule has 28 heavy (non-hydrogen) atoms. The van der Waals surface area contributed by atoms with Crippen LogP contribution in [0.25, 0.3) is 5.70 Å². The molecule has 0 aromatic heterocycles. The minimum absolute atomic E-state index is 0.153. The van der Waals surface area contributed by atoms with Crippen molar-refractivity contribution < 1.29 is 9.59 Å². The van der Waals surface area contributed by atoms with Crippen molar-refractivity contribution in [3.63, 3.8) is 0 Å². The van der Waals surface area contributed by atoms with Gasteiger partial charge in [0.15, 0.2) is 5.78 Å². The zero-order chi connectivity index (χ0) is 19.9. The van der Waals surface area contributed by atoms with E-state index < -0.39 is 0 Å². The van der Waals surface area contributed by atoms with E-state index in [9.17, 15) is 9.59 Å². The largest absolute Gasteiger partial charge is 0.353 e. The quantitative estimate of drug-likeness (QED) is 0.423. The Bertz CT molecular complexity index is 1030. The standard InChI is InChI=1S/C23H19ClN2O2/c1-16(27)25-20-13-7-8-14-21(20)26-22(18-11-5-6-12-19(18)24)15-23(28)17-9-3-2-4-10-17/h2-15,26H,1H3,(H,25,27). The first-order valence-corrected chi connectivity index (χ1v) is 9.12. The van der Waals surface area contributed by atoms with Crippen LogP contribution in [-0.4, -0.2) is 11.7 Å². The van der Waals surface area contributed by atoms with Crippen LogP contribution in [0.15, 0.2) is 84.9 Å². The van der Waals surface area contributed by atoms with Gasteiger partial charge >= 0.3 is 0 Å². The number of allylic oxidation sites excluding steroid dienone is 1. The van der Waals surface area contributed by atoms with Gasteiger partial charge in [0.05, 0.1) is 17.1 Å². The summed E-state index contributed by atoms with van der Waals surface area (Å²) in [7, 11) is 0. The van der Waals surface area contributed by atoms with E-state index in [1.165, 1.54) is 13.0 Å². The maximum absolute atomic E-state index is 12.8. The van der Waals surface area contributed by atoms with Gasteiger partial charge in [-0.25, -0.2) is 0 Å². The summed E-state index contributed by atoms with van der Waals surface area (Å²) in [6.07, 6.45) is 1.51. The highest BCUT2D eigenvalue weighted by molar-refractivity contribution is 6.32. The van der Waals surface area contributed by atoms with E-state index in [2.05, 4.69) is 10.6 Å². The second kappa shape index (κ2) is 9.02. The summed E-state index contributed by atoms with van der Waals surface area (Å²) in [4.78, 5) is 24.3. The molecule has 140 valence electrons. The average molecular weight is 391 g/mol. The molecule has 4 nitrogen and oxygen atoms in total. The van der Waals surface area contributed by atoms with E-state index in [0.717, 1.165) is 0 Å². The van der Waals surface area contributed by atoms with Gasteiger partial charge in [-0.3, -0.25) is 9.59 Å². The second-order valence-corrected chi connectivity index (χ2v) is 6.53. The number of para-hydroxylation sites is 2. The molecule has 2 N–H and O–H groups in total. The van der Waals surface area contributed by atoms with Gasteiger partial charge in [0.25, 0.3) is 0 Å². The number of halogens is 1. The number of rotatable bonds is 6. The number of hydrogen-bond acceptors (Lipinski definition) is 3. The van der Waals surface area contributed by atoms with E-state index in [4.69, 9.17) is 11.6 Å². The van der Waals surface area contributed by atoms with Gasteiger partial charge in [0, 0.05) is 29.1 Å². The predicted octanol–water partition coefficient (Wildman–Crippen LogP) is 5.63. The van der Waals surface area contributed by atoms with Crippen molar-refractivity contribution in [1.82, 2.24) is 0 Å². The molecule has 0 spiro atoms. The number of benzene rings is 3. The van der Waals surface area contributed by atoms with Crippen LogP contribution in [0.5, 0.6) is 0 Å². The number of carbonyl (C=O) groups excluding carboxylic acids is 2. The number of hydrogen-bond donors (Lipinski definition) is 2. The highest BCUT2D eigenvalue weighted by Gasteiger charge is 2.12. The summed E-state index contributed by atoms with van der Waals surface area (Å²) in [6.45, 7) is 1.44. The van der Waals surface area contributed by atoms with Crippen LogP contribution in [0.2, 0.25) is 5.02 Å². The average Bonchev–Trinajstić information content (AvgIpc) is 2.69. The first-order chi connectivity index (χ1) is 13.5. The van der Waals surface area contributed by atoms with Crippen LogP contribution in [0.4, 0.5) is 11.4 Å². The van der Waals surface area contributed by atoms with Crippen molar-refractivity contribution >= 4 is 40.4 Å². The molecule has 0 unspecified atom stereocenters. The Hall–Kier alpha value is -3.37. The lowest BCUT2D eigenvalue weighted by Gasteiger charge is -2.16. The van der Waals surface area contributed by atoms with Gasteiger partial charge < -0.3 is 10.6 Å². The third-order valence-electron chi connectivity index (χ3n) is 4.00. The Morgan fingerprint density at radius 3 is 2.00 bits per heavy atom. The summed E-state index contributed by atoms with van der Waals surface area (Å²) >= 11 is 6.38. The molecule has 0 aliphatic heterocycles. The Morgan fingerprint density at radius 2 is 1.36 bits per heavy atom. The van der Waals surface area contributed by atoms with Gasteiger partial charge in [-0.05, 0) is 18.2 Å². The SMILES string of the molecule is CC(=O)Nc1ccccc1NC(=CC(=O)c1ccccc1)c1ccccc1Cl. The molecule has 0 saturated carbocycles. The van der Waals surface area contributed by atoms with Crippen molar-refractivity contribution in [2.45, 2.75) is 6.92 Å². The van der Waals surface area contributed by atoms with E-state index in [1.807, 2.05) is 54.6 Å². The molecular formula is C23H19ClN2O2. The summed E-state index contributed by atoms with van der Waals surface area (Å²) in [5, 5.41) is 6.55. The van der Waals surface area contributed by atoms with Crippen LogP contribution in [0.1, 0.15) is 22.8 Å². The highest BCUT2D eigenvalue weighted by Crippen LogP contribution is 2.29. The first kappa shape index (κ1) is 19.4. The summed E-state index contributed by atoms with van der Waals surface area (Å²) in [5.41, 5.74) is 3.07. The fourth-order valence-corrected chi connectivity index (χ4v) is 2.95. The van der Waals surface area contributed by atoms with Crippen LogP contribution in [0.3, 0.4) is 0 Å². The topological polar surface area (TPSA) is 58.2 Å². The number of anilines is 2. The smallest absolute Gasteiger partial charge is 0.221 e. The zero-order valence-electron chi connectivity index (χ0n) is 15.3. The number of carbonyl (C=O) groups is 2. The summed E-state index contributed by atoms with van der Waals surface area (Å²) < 4.78 is 0. The molecule has 0 radical (unpaired) electrons. The summed E-state index contributed by atoms with van der Waals surface area (Å²) in [6, 6.07) is 23.6. The van der Waals surface area contributed by atoms with Crippen LogP contribution >= 0.6 is 11.6 Å². The predicted molar refractivity (Wildman–Crippen MR) is 115 cm³/mol. The van der Waals surface area contributed by atoms with Crippen molar-refractivity contribution in [2.75, 3.05) is 10.6 Å². The van der Waals surface area contributed by atoms with E-state index in [1.54, 1.807) is 24.3 Å². The van der Waals surface area contributed by atoms with Crippen molar-refractivity contribution in [1.29, 1.82) is 0 Å². The van der Waals surface area contributed by atoms with E-state index in [0.29, 0.717) is 33.2 Å². The van der Waals surface area contributed by atoms with Crippen molar-refractivity contribution in [2.24, 2.45) is 0 Å². The first-order valence-electron chi connectivity index (χ1n) is 8.74. The van der Waals surface area contributed by atoms with Gasteiger partial charge in [-0.1, -0.05) is 72.3 Å². The van der Waals surface area contributed by atoms with Crippen molar-refractivity contribution in [3.8, 4) is 0 Å². The van der Waals surface area contributed by atoms with Gasteiger partial charge in [0.1, 0.15) is 0 Å². The molecule has 0 aliphatic rings. The summed E-state index contributed by atoms with van der Waals surface area (Å²) in [5.74, 6) is -0.335. The molecule has 5 heteroatoms. The molecule has 0 fully saturated rings. The lowest BCUT2D eigenvalue weighted by Crippen LogP contribution is -2.10. The molecule has 0 saturated heterocycles. The Morgan fingerprint density at radius 1 is 0.786 bits per heavy atom. The molecule has 0 aliphatic carbocycles. The zero-order valence-corrected chi connectivity index (χ0v) is 16.0. The molecule has 0 atom stereocenters. The normalized spacial score (nSPS) is 11.0. The van der Waals surface area contributed by atoms with Crippen LogP contribution in [-0.2, 0) is 4.79 Å². The molecule has 0 bridgehead atoms. The third kappa shape index (κ3) is 4.87. The molecule has 0 heterocycles. The third-order valence-corrected chi connectivity index (χ3v) is 4.33. The van der Waals surface area contributed by atoms with Gasteiger partial charge in [0.2, 0.25) is 5.91 Å². The van der Waals surface area contributed by atoms with E-state index >= 15 is 0 Å².